The molecule has 2 rings (SSSR count). The van der Waals surface area contributed by atoms with Crippen LogP contribution in [0.4, 0.5) is 9.52 Å². The molecule has 1 aromatic carbocycles. The van der Waals surface area contributed by atoms with Gasteiger partial charge in [0.1, 0.15) is 5.82 Å². The first-order valence-corrected chi connectivity index (χ1v) is 4.97. The van der Waals surface area contributed by atoms with Crippen molar-refractivity contribution in [1.29, 1.82) is 0 Å². The predicted octanol–water partition coefficient (Wildman–Crippen LogP) is 2.84. The standard InChI is InChI=1S/C10H9FN2S/c1-6-3-2-4-7(9(6)11)8-5-13-10(12)14-8/h2-5H,1H3,(H2,12,13). The van der Waals surface area contributed by atoms with Crippen molar-refractivity contribution in [2.75, 3.05) is 5.73 Å². The monoisotopic (exact) mass is 208 g/mol. The van der Waals surface area contributed by atoms with Crippen LogP contribution in [0.2, 0.25) is 0 Å². The van der Waals surface area contributed by atoms with Crippen molar-refractivity contribution in [3.8, 4) is 10.4 Å². The van der Waals surface area contributed by atoms with E-state index >= 15 is 0 Å². The Balaban J connectivity index is 2.57. The third-order valence-electron chi connectivity index (χ3n) is 1.98. The summed E-state index contributed by atoms with van der Waals surface area (Å²) in [6, 6.07) is 5.29. The molecule has 0 saturated heterocycles. The molecule has 0 amide bonds. The Morgan fingerprint density at radius 1 is 1.43 bits per heavy atom. The molecule has 0 bridgehead atoms. The smallest absolute Gasteiger partial charge is 0.180 e. The van der Waals surface area contributed by atoms with Gasteiger partial charge in [-0.05, 0) is 12.5 Å². The number of aryl methyl sites for hydroxylation is 1. The van der Waals surface area contributed by atoms with Crippen LogP contribution in [-0.2, 0) is 0 Å². The second-order valence-electron chi connectivity index (χ2n) is 3.00. The Morgan fingerprint density at radius 2 is 2.21 bits per heavy atom. The fourth-order valence-corrected chi connectivity index (χ4v) is 1.95. The average molecular weight is 208 g/mol. The Hall–Kier alpha value is -1.42. The lowest BCUT2D eigenvalue weighted by atomic mass is 10.1. The summed E-state index contributed by atoms with van der Waals surface area (Å²) in [5.74, 6) is -0.198. The van der Waals surface area contributed by atoms with E-state index in [1.165, 1.54) is 11.3 Å². The zero-order valence-corrected chi connectivity index (χ0v) is 8.44. The molecule has 0 saturated carbocycles. The number of halogens is 1. The lowest BCUT2D eigenvalue weighted by Gasteiger charge is -2.01. The van der Waals surface area contributed by atoms with Crippen molar-refractivity contribution >= 4 is 16.5 Å². The molecule has 2 N–H and O–H groups in total. The molecule has 0 aliphatic carbocycles. The Morgan fingerprint density at radius 3 is 2.86 bits per heavy atom. The van der Waals surface area contributed by atoms with Crippen molar-refractivity contribution in [2.24, 2.45) is 0 Å². The number of benzene rings is 1. The summed E-state index contributed by atoms with van der Waals surface area (Å²) >= 11 is 1.29. The summed E-state index contributed by atoms with van der Waals surface area (Å²) in [4.78, 5) is 4.66. The number of anilines is 1. The minimum Gasteiger partial charge on any atom is -0.375 e. The summed E-state index contributed by atoms with van der Waals surface area (Å²) in [7, 11) is 0. The van der Waals surface area contributed by atoms with E-state index < -0.39 is 0 Å². The van der Waals surface area contributed by atoms with Crippen LogP contribution >= 0.6 is 11.3 Å². The average Bonchev–Trinajstić information content (AvgIpc) is 2.57. The fourth-order valence-electron chi connectivity index (χ4n) is 1.25. The van der Waals surface area contributed by atoms with Crippen LogP contribution in [0.5, 0.6) is 0 Å². The van der Waals surface area contributed by atoms with E-state index in [1.54, 1.807) is 25.3 Å². The van der Waals surface area contributed by atoms with E-state index in [0.717, 1.165) is 4.88 Å². The van der Waals surface area contributed by atoms with E-state index in [0.29, 0.717) is 16.3 Å². The maximum absolute atomic E-state index is 13.6. The quantitative estimate of drug-likeness (QED) is 0.782. The molecule has 0 aliphatic heterocycles. The van der Waals surface area contributed by atoms with E-state index in [2.05, 4.69) is 4.98 Å². The Kier molecular flexibility index (Phi) is 2.21. The highest BCUT2D eigenvalue weighted by Gasteiger charge is 2.09. The number of nitrogen functional groups attached to an aromatic ring is 1. The molecule has 2 nitrogen and oxygen atoms in total. The molecule has 14 heavy (non-hydrogen) atoms. The zero-order chi connectivity index (χ0) is 10.1. The van der Waals surface area contributed by atoms with Crippen LogP contribution in [-0.4, -0.2) is 4.98 Å². The lowest BCUT2D eigenvalue weighted by molar-refractivity contribution is 0.622. The normalized spacial score (nSPS) is 10.4. The van der Waals surface area contributed by atoms with Gasteiger partial charge in [-0.2, -0.15) is 0 Å². The van der Waals surface area contributed by atoms with E-state index in [-0.39, 0.29) is 5.82 Å². The second-order valence-corrected chi connectivity index (χ2v) is 4.06. The molecule has 4 heteroatoms. The van der Waals surface area contributed by atoms with Crippen molar-refractivity contribution in [2.45, 2.75) is 6.92 Å². The number of rotatable bonds is 1. The Labute approximate surface area is 85.2 Å². The number of hydrogen-bond acceptors (Lipinski definition) is 3. The van der Waals surface area contributed by atoms with Gasteiger partial charge < -0.3 is 5.73 Å². The van der Waals surface area contributed by atoms with E-state index in [4.69, 9.17) is 5.73 Å². The molecular formula is C10H9FN2S. The van der Waals surface area contributed by atoms with Crippen LogP contribution in [0.15, 0.2) is 24.4 Å². The SMILES string of the molecule is Cc1cccc(-c2cnc(N)s2)c1F. The van der Waals surface area contributed by atoms with Gasteiger partial charge >= 0.3 is 0 Å². The predicted molar refractivity (Wildman–Crippen MR) is 56.7 cm³/mol. The van der Waals surface area contributed by atoms with Gasteiger partial charge in [-0.15, -0.1) is 0 Å². The third-order valence-corrected chi connectivity index (χ3v) is 2.84. The highest BCUT2D eigenvalue weighted by molar-refractivity contribution is 7.18. The number of nitrogens with two attached hydrogens (primary N) is 1. The minimum atomic E-state index is -0.198. The first kappa shape index (κ1) is 9.15. The van der Waals surface area contributed by atoms with Crippen LogP contribution in [0, 0.1) is 12.7 Å². The molecule has 0 aliphatic rings. The van der Waals surface area contributed by atoms with Crippen LogP contribution in [0.1, 0.15) is 5.56 Å². The van der Waals surface area contributed by atoms with Crippen molar-refractivity contribution < 1.29 is 4.39 Å². The number of thiazole rings is 1. The van der Waals surface area contributed by atoms with Gasteiger partial charge in [0, 0.05) is 11.8 Å². The number of aromatic nitrogens is 1. The molecule has 0 radical (unpaired) electrons. The van der Waals surface area contributed by atoms with E-state index in [9.17, 15) is 4.39 Å². The van der Waals surface area contributed by atoms with Crippen molar-refractivity contribution in [1.82, 2.24) is 4.98 Å². The van der Waals surface area contributed by atoms with Gasteiger partial charge in [-0.25, -0.2) is 9.37 Å². The van der Waals surface area contributed by atoms with Gasteiger partial charge in [0.05, 0.1) is 4.88 Å². The van der Waals surface area contributed by atoms with Crippen LogP contribution in [0.25, 0.3) is 10.4 Å². The summed E-state index contributed by atoms with van der Waals surface area (Å²) < 4.78 is 13.6. The maximum atomic E-state index is 13.6. The molecule has 72 valence electrons. The molecule has 2 aromatic rings. The topological polar surface area (TPSA) is 38.9 Å². The maximum Gasteiger partial charge on any atom is 0.180 e. The van der Waals surface area contributed by atoms with Crippen LogP contribution in [0.3, 0.4) is 0 Å². The summed E-state index contributed by atoms with van der Waals surface area (Å²) in [5.41, 5.74) is 6.69. The molecule has 1 heterocycles. The zero-order valence-electron chi connectivity index (χ0n) is 7.62. The highest BCUT2D eigenvalue weighted by atomic mass is 32.1. The molecule has 0 unspecified atom stereocenters. The van der Waals surface area contributed by atoms with E-state index in [1.807, 2.05) is 6.07 Å². The molecule has 0 fully saturated rings. The molecule has 0 atom stereocenters. The first-order chi connectivity index (χ1) is 6.68. The minimum absolute atomic E-state index is 0.198. The van der Waals surface area contributed by atoms with Gasteiger partial charge in [0.15, 0.2) is 5.13 Å². The first-order valence-electron chi connectivity index (χ1n) is 4.15. The molecular weight excluding hydrogens is 199 g/mol. The largest absolute Gasteiger partial charge is 0.375 e. The van der Waals surface area contributed by atoms with Gasteiger partial charge in [-0.3, -0.25) is 0 Å². The third kappa shape index (κ3) is 1.48. The summed E-state index contributed by atoms with van der Waals surface area (Å²) in [5, 5.41) is 0.459. The van der Waals surface area contributed by atoms with Crippen LogP contribution < -0.4 is 5.73 Å². The second kappa shape index (κ2) is 3.38. The summed E-state index contributed by atoms with van der Waals surface area (Å²) in [6.45, 7) is 1.74. The van der Waals surface area contributed by atoms with Gasteiger partial charge in [0.2, 0.25) is 0 Å². The summed E-state index contributed by atoms with van der Waals surface area (Å²) in [6.07, 6.45) is 1.60. The fraction of sp³-hybridized carbons (Fsp3) is 0.100. The number of hydrogen-bond donors (Lipinski definition) is 1. The molecule has 1 aromatic heterocycles. The highest BCUT2D eigenvalue weighted by Crippen LogP contribution is 2.30. The number of nitrogens with zero attached hydrogens (tertiary/aromatic N) is 1. The van der Waals surface area contributed by atoms with Crippen molar-refractivity contribution in [3.05, 3.63) is 35.8 Å². The molecule has 0 spiro atoms. The Bertz CT molecular complexity index is 465. The van der Waals surface area contributed by atoms with Gasteiger partial charge in [-0.1, -0.05) is 29.5 Å². The lowest BCUT2D eigenvalue weighted by Crippen LogP contribution is -1.85. The van der Waals surface area contributed by atoms with Gasteiger partial charge in [0.25, 0.3) is 0 Å². The van der Waals surface area contributed by atoms with Crippen molar-refractivity contribution in [3.63, 3.8) is 0 Å².